The summed E-state index contributed by atoms with van der Waals surface area (Å²) in [5, 5.41) is 17.4. The fourth-order valence-electron chi connectivity index (χ4n) is 4.83. The Labute approximate surface area is 233 Å². The largest absolute Gasteiger partial charge is 0.487 e. The predicted molar refractivity (Wildman–Crippen MR) is 151 cm³/mol. The molecule has 1 aliphatic carbocycles. The van der Waals surface area contributed by atoms with Gasteiger partial charge < -0.3 is 19.7 Å². The maximum absolute atomic E-state index is 12.4. The zero-order valence-electron chi connectivity index (χ0n) is 22.8. The second-order valence-electron chi connectivity index (χ2n) is 9.97. The molecule has 3 aromatic rings. The van der Waals surface area contributed by atoms with E-state index in [-0.39, 0.29) is 24.3 Å². The van der Waals surface area contributed by atoms with Crippen LogP contribution in [0.2, 0.25) is 0 Å². The summed E-state index contributed by atoms with van der Waals surface area (Å²) < 4.78 is 6.00. The van der Waals surface area contributed by atoms with Crippen molar-refractivity contribution in [3.63, 3.8) is 0 Å². The van der Waals surface area contributed by atoms with Gasteiger partial charge in [-0.25, -0.2) is 4.98 Å². The van der Waals surface area contributed by atoms with E-state index < -0.39 is 5.09 Å². The molecule has 212 valence electrons. The third kappa shape index (κ3) is 8.65. The van der Waals surface area contributed by atoms with Crippen LogP contribution in [0.15, 0.2) is 65.8 Å². The highest BCUT2D eigenvalue weighted by atomic mass is 16.9. The van der Waals surface area contributed by atoms with Crippen molar-refractivity contribution in [2.75, 3.05) is 13.2 Å². The van der Waals surface area contributed by atoms with E-state index in [9.17, 15) is 14.9 Å². The minimum atomic E-state index is -0.820. The van der Waals surface area contributed by atoms with Crippen molar-refractivity contribution in [1.82, 2.24) is 10.3 Å². The Bertz CT molecular complexity index is 1290. The van der Waals surface area contributed by atoms with Crippen LogP contribution in [0.4, 0.5) is 0 Å². The van der Waals surface area contributed by atoms with Gasteiger partial charge in [0.2, 0.25) is 0 Å². The molecule has 40 heavy (non-hydrogen) atoms. The quantitative estimate of drug-likeness (QED) is 0.114. The lowest BCUT2D eigenvalue weighted by Gasteiger charge is -2.29. The number of amides is 1. The lowest BCUT2D eigenvalue weighted by atomic mass is 9.83. The van der Waals surface area contributed by atoms with Crippen LogP contribution < -0.4 is 10.1 Å². The molecule has 1 amide bonds. The third-order valence-corrected chi connectivity index (χ3v) is 7.01. The van der Waals surface area contributed by atoms with Crippen molar-refractivity contribution < 1.29 is 24.3 Å². The molecule has 2 aromatic carbocycles. The number of unbranched alkanes of at least 4 members (excludes halogenated alkanes) is 1. The molecular weight excluding hydrogens is 512 g/mol. The molecule has 10 heteroatoms. The molecule has 1 unspecified atom stereocenters. The third-order valence-electron chi connectivity index (χ3n) is 7.01. The zero-order valence-corrected chi connectivity index (χ0v) is 22.8. The minimum absolute atomic E-state index is 0.00623. The van der Waals surface area contributed by atoms with E-state index in [0.29, 0.717) is 31.9 Å². The minimum Gasteiger partial charge on any atom is -0.487 e. The highest BCUT2D eigenvalue weighted by molar-refractivity contribution is 6.37. The van der Waals surface area contributed by atoms with Gasteiger partial charge in [-0.15, -0.1) is 10.1 Å². The summed E-state index contributed by atoms with van der Waals surface area (Å²) in [6, 6.07) is 19.9. The van der Waals surface area contributed by atoms with Gasteiger partial charge in [0.1, 0.15) is 18.1 Å². The number of nitrogens with one attached hydrogen (secondary N) is 1. The van der Waals surface area contributed by atoms with Gasteiger partial charge in [0.05, 0.1) is 17.8 Å². The molecular formula is C30H36N4O6. The van der Waals surface area contributed by atoms with Crippen LogP contribution in [0.3, 0.4) is 0 Å². The van der Waals surface area contributed by atoms with Crippen molar-refractivity contribution in [2.45, 2.75) is 64.6 Å². The van der Waals surface area contributed by atoms with Crippen molar-refractivity contribution in [2.24, 2.45) is 11.1 Å². The van der Waals surface area contributed by atoms with Gasteiger partial charge in [0.15, 0.2) is 6.10 Å². The van der Waals surface area contributed by atoms with Gasteiger partial charge in [-0.05, 0) is 62.4 Å². The van der Waals surface area contributed by atoms with Crippen LogP contribution in [0.1, 0.15) is 69.2 Å². The van der Waals surface area contributed by atoms with E-state index in [1.807, 2.05) is 60.7 Å². The molecule has 0 saturated heterocycles. The van der Waals surface area contributed by atoms with Crippen LogP contribution in [-0.4, -0.2) is 34.8 Å². The number of rotatable bonds is 14. The lowest BCUT2D eigenvalue weighted by Crippen LogP contribution is -2.30. The normalized spacial score (nSPS) is 14.9. The molecule has 1 aliphatic rings. The number of para-hydroxylation sites is 1. The first-order valence-corrected chi connectivity index (χ1v) is 13.8. The monoisotopic (exact) mass is 548 g/mol. The summed E-state index contributed by atoms with van der Waals surface area (Å²) in [6.07, 6.45) is 6.36. The van der Waals surface area contributed by atoms with E-state index in [0.717, 1.165) is 53.6 Å². The van der Waals surface area contributed by atoms with Crippen molar-refractivity contribution in [3.8, 4) is 5.75 Å². The second-order valence-corrected chi connectivity index (χ2v) is 9.97. The standard InChI is InChI=1S/C30H36N4O6/c1-22(30(35)31-19-7-8-20-39-34(36)37)33-40-29(24-10-3-2-4-11-24)25-14-17-27(18-15-25)38-21-26-16-13-23-9-5-6-12-28(23)32-26/h5-6,9,12-18,24,29H,2-4,7-8,10-11,19-21H2,1H3,(H,31,35)/b33-22-. The van der Waals surface area contributed by atoms with Gasteiger partial charge in [-0.3, -0.25) is 4.79 Å². The smallest absolute Gasteiger partial charge is 0.294 e. The number of carbonyl (C=O) groups excluding carboxylic acids is 1. The maximum atomic E-state index is 12.4. The topological polar surface area (TPSA) is 125 Å². The van der Waals surface area contributed by atoms with Crippen LogP contribution in [0, 0.1) is 16.0 Å². The van der Waals surface area contributed by atoms with E-state index in [1.54, 1.807) is 6.92 Å². The van der Waals surface area contributed by atoms with E-state index in [1.165, 1.54) is 6.42 Å². The fraction of sp³-hybridized carbons (Fsp3) is 0.433. The highest BCUT2D eigenvalue weighted by Gasteiger charge is 2.27. The van der Waals surface area contributed by atoms with Gasteiger partial charge in [-0.1, -0.05) is 60.8 Å². The lowest BCUT2D eigenvalue weighted by molar-refractivity contribution is -0.757. The van der Waals surface area contributed by atoms with Crippen LogP contribution in [-0.2, 0) is 21.1 Å². The first kappa shape index (κ1) is 28.8. The fourth-order valence-corrected chi connectivity index (χ4v) is 4.83. The van der Waals surface area contributed by atoms with E-state index in [4.69, 9.17) is 9.57 Å². The Kier molecular flexibility index (Phi) is 10.7. The molecule has 0 radical (unpaired) electrons. The van der Waals surface area contributed by atoms with Crippen LogP contribution in [0.25, 0.3) is 10.9 Å². The Hall–Kier alpha value is -4.21. The molecule has 1 atom stereocenters. The Morgan fingerprint density at radius 3 is 2.62 bits per heavy atom. The molecule has 4 rings (SSSR count). The van der Waals surface area contributed by atoms with Crippen molar-refractivity contribution in [1.29, 1.82) is 0 Å². The number of fused-ring (bicyclic) bond motifs is 1. The number of benzene rings is 2. The van der Waals surface area contributed by atoms with Gasteiger partial charge in [0.25, 0.3) is 11.0 Å². The average Bonchev–Trinajstić information content (AvgIpc) is 2.98. The second kappa shape index (κ2) is 14.8. The number of hydrogen-bond donors (Lipinski definition) is 1. The summed E-state index contributed by atoms with van der Waals surface area (Å²) in [6.45, 7) is 2.36. The molecule has 1 saturated carbocycles. The summed E-state index contributed by atoms with van der Waals surface area (Å²) in [5.74, 6) is 0.718. The highest BCUT2D eigenvalue weighted by Crippen LogP contribution is 2.37. The molecule has 1 fully saturated rings. The Morgan fingerprint density at radius 1 is 1.07 bits per heavy atom. The summed E-state index contributed by atoms with van der Waals surface area (Å²) in [7, 11) is 0. The first-order valence-electron chi connectivity index (χ1n) is 13.8. The molecule has 10 nitrogen and oxygen atoms in total. The SMILES string of the molecule is C/C(=N/OC(c1ccc(OCc2ccc3ccccc3n2)cc1)C1CCCCC1)C(=O)NCCCCO[N+](=O)[O-]. The Morgan fingerprint density at radius 2 is 1.85 bits per heavy atom. The van der Waals surface area contributed by atoms with E-state index >= 15 is 0 Å². The molecule has 0 bridgehead atoms. The van der Waals surface area contributed by atoms with E-state index in [2.05, 4.69) is 20.3 Å². The number of carbonyl (C=O) groups is 1. The number of nitrogens with zero attached hydrogens (tertiary/aromatic N) is 3. The number of oxime groups is 1. The molecule has 0 aliphatic heterocycles. The zero-order chi connectivity index (χ0) is 28.2. The summed E-state index contributed by atoms with van der Waals surface area (Å²) >= 11 is 0. The molecule has 1 N–H and O–H groups in total. The van der Waals surface area contributed by atoms with Gasteiger partial charge >= 0.3 is 0 Å². The number of hydrogen-bond acceptors (Lipinski definition) is 8. The van der Waals surface area contributed by atoms with Crippen LogP contribution >= 0.6 is 0 Å². The average molecular weight is 549 g/mol. The molecule has 0 spiro atoms. The first-order chi connectivity index (χ1) is 19.5. The summed E-state index contributed by atoms with van der Waals surface area (Å²) in [5.41, 5.74) is 3.02. The van der Waals surface area contributed by atoms with Crippen molar-refractivity contribution in [3.05, 3.63) is 82.0 Å². The van der Waals surface area contributed by atoms with Gasteiger partial charge in [0, 0.05) is 17.8 Å². The van der Waals surface area contributed by atoms with Crippen LogP contribution in [0.5, 0.6) is 5.75 Å². The number of pyridine rings is 1. The molecule has 1 aromatic heterocycles. The summed E-state index contributed by atoms with van der Waals surface area (Å²) in [4.78, 5) is 37.6. The Balaban J connectivity index is 1.33. The number of aromatic nitrogens is 1. The number of ether oxygens (including phenoxy) is 1. The maximum Gasteiger partial charge on any atom is 0.294 e. The predicted octanol–water partition coefficient (Wildman–Crippen LogP) is 5.93. The molecule has 1 heterocycles. The van der Waals surface area contributed by atoms with Crippen molar-refractivity contribution >= 4 is 22.5 Å². The van der Waals surface area contributed by atoms with Gasteiger partial charge in [-0.2, -0.15) is 0 Å².